The Morgan fingerprint density at radius 3 is 2.53 bits per heavy atom. The summed E-state index contributed by atoms with van der Waals surface area (Å²) in [4.78, 5) is 13.1. The maximum atomic E-state index is 12.3. The second-order valence-corrected chi connectivity index (χ2v) is 6.57. The van der Waals surface area contributed by atoms with Gasteiger partial charge in [-0.3, -0.25) is 4.79 Å². The quantitative estimate of drug-likeness (QED) is 0.779. The van der Waals surface area contributed by atoms with Crippen LogP contribution in [0.25, 0.3) is 0 Å². The first kappa shape index (κ1) is 16.4. The maximum absolute atomic E-state index is 12.3. The Kier molecular flexibility index (Phi) is 6.27. The van der Waals surface area contributed by atoms with Crippen LogP contribution >= 0.6 is 24.4 Å². The number of hydrogen-bond acceptors (Lipinski definition) is 3. The first-order chi connectivity index (χ1) is 8.98. The summed E-state index contributed by atoms with van der Waals surface area (Å²) in [5, 5.41) is 3.07. The van der Waals surface area contributed by atoms with E-state index in [1.165, 1.54) is 0 Å². The molecule has 0 bridgehead atoms. The summed E-state index contributed by atoms with van der Waals surface area (Å²) in [6.45, 7) is 7.00. The molecular weight excluding hydrogens is 274 g/mol. The van der Waals surface area contributed by atoms with Crippen LogP contribution in [0.1, 0.15) is 42.6 Å². The molecule has 0 atom stereocenters. The summed E-state index contributed by atoms with van der Waals surface area (Å²) < 4.78 is 0.141. The summed E-state index contributed by atoms with van der Waals surface area (Å²) in [5.74, 6) is -0.00581. The Morgan fingerprint density at radius 2 is 2.00 bits per heavy atom. The van der Waals surface area contributed by atoms with Gasteiger partial charge in [0.15, 0.2) is 0 Å². The van der Waals surface area contributed by atoms with Gasteiger partial charge in [0.25, 0.3) is 5.91 Å². The van der Waals surface area contributed by atoms with E-state index in [1.54, 1.807) is 0 Å². The molecule has 106 valence electrons. The predicted octanol–water partition coefficient (Wildman–Crippen LogP) is 3.94. The van der Waals surface area contributed by atoms with Crippen molar-refractivity contribution >= 4 is 30.3 Å². The lowest BCUT2D eigenvalue weighted by Crippen LogP contribution is -2.39. The SMILES string of the molecule is CCC(CC)(CNC(=O)c1cc(S)ccc1C)SC. The molecule has 0 radical (unpaired) electrons. The van der Waals surface area contributed by atoms with E-state index in [9.17, 15) is 4.79 Å². The highest BCUT2D eigenvalue weighted by atomic mass is 32.2. The molecule has 1 amide bonds. The number of benzene rings is 1. The van der Waals surface area contributed by atoms with Gasteiger partial charge in [-0.05, 0) is 43.7 Å². The van der Waals surface area contributed by atoms with Crippen molar-refractivity contribution in [3.63, 3.8) is 0 Å². The molecule has 4 heteroatoms. The Hall–Kier alpha value is -0.610. The molecule has 0 saturated carbocycles. The molecule has 1 N–H and O–H groups in total. The largest absolute Gasteiger partial charge is 0.351 e. The van der Waals surface area contributed by atoms with E-state index in [4.69, 9.17) is 0 Å². The van der Waals surface area contributed by atoms with Gasteiger partial charge in [-0.1, -0.05) is 19.9 Å². The van der Waals surface area contributed by atoms with Crippen LogP contribution in [0.4, 0.5) is 0 Å². The first-order valence-electron chi connectivity index (χ1n) is 6.61. The third kappa shape index (κ3) is 4.18. The number of thiol groups is 1. The molecule has 0 aromatic heterocycles. The third-order valence-corrected chi connectivity index (χ3v) is 5.62. The Balaban J connectivity index is 2.77. The van der Waals surface area contributed by atoms with Gasteiger partial charge >= 0.3 is 0 Å². The number of hydrogen-bond donors (Lipinski definition) is 2. The lowest BCUT2D eigenvalue weighted by Gasteiger charge is -2.29. The molecule has 19 heavy (non-hydrogen) atoms. The summed E-state index contributed by atoms with van der Waals surface area (Å²) in [6, 6.07) is 5.66. The van der Waals surface area contributed by atoms with Crippen molar-refractivity contribution in [1.82, 2.24) is 5.32 Å². The zero-order chi connectivity index (χ0) is 14.5. The summed E-state index contributed by atoms with van der Waals surface area (Å²) in [7, 11) is 0. The Labute approximate surface area is 126 Å². The molecule has 1 rings (SSSR count). The van der Waals surface area contributed by atoms with E-state index in [1.807, 2.05) is 36.9 Å². The number of carbonyl (C=O) groups excluding carboxylic acids is 1. The van der Waals surface area contributed by atoms with Crippen molar-refractivity contribution in [2.45, 2.75) is 43.3 Å². The molecule has 0 aliphatic heterocycles. The first-order valence-corrected chi connectivity index (χ1v) is 8.28. The highest BCUT2D eigenvalue weighted by molar-refractivity contribution is 8.00. The summed E-state index contributed by atoms with van der Waals surface area (Å²) >= 11 is 6.12. The number of thioether (sulfide) groups is 1. The van der Waals surface area contributed by atoms with Crippen LogP contribution in [0.15, 0.2) is 23.1 Å². The second kappa shape index (κ2) is 7.25. The van der Waals surface area contributed by atoms with Crippen LogP contribution in [-0.2, 0) is 0 Å². The van der Waals surface area contributed by atoms with Gasteiger partial charge in [-0.15, -0.1) is 12.6 Å². The molecule has 0 saturated heterocycles. The van der Waals surface area contributed by atoms with Gasteiger partial charge in [0.05, 0.1) is 0 Å². The molecule has 1 aromatic rings. The van der Waals surface area contributed by atoms with Crippen LogP contribution < -0.4 is 5.32 Å². The number of carbonyl (C=O) groups is 1. The minimum Gasteiger partial charge on any atom is -0.351 e. The zero-order valence-electron chi connectivity index (χ0n) is 12.1. The molecule has 2 nitrogen and oxygen atoms in total. The molecule has 0 fully saturated rings. The van der Waals surface area contributed by atoms with Crippen LogP contribution in [-0.4, -0.2) is 23.5 Å². The minimum absolute atomic E-state index is 0.00581. The van der Waals surface area contributed by atoms with Crippen molar-refractivity contribution in [3.05, 3.63) is 29.3 Å². The molecule has 0 heterocycles. The molecule has 0 spiro atoms. The fraction of sp³-hybridized carbons (Fsp3) is 0.533. The van der Waals surface area contributed by atoms with Gasteiger partial charge in [-0.25, -0.2) is 0 Å². The number of rotatable bonds is 6. The van der Waals surface area contributed by atoms with E-state index < -0.39 is 0 Å². The van der Waals surface area contributed by atoms with Crippen molar-refractivity contribution in [2.24, 2.45) is 0 Å². The maximum Gasteiger partial charge on any atom is 0.251 e. The van der Waals surface area contributed by atoms with Crippen LogP contribution in [0, 0.1) is 6.92 Å². The van der Waals surface area contributed by atoms with Gasteiger partial charge < -0.3 is 5.32 Å². The van der Waals surface area contributed by atoms with Gasteiger partial charge in [0, 0.05) is 21.8 Å². The fourth-order valence-electron chi connectivity index (χ4n) is 2.05. The topological polar surface area (TPSA) is 29.1 Å². The monoisotopic (exact) mass is 297 g/mol. The minimum atomic E-state index is -0.00581. The van der Waals surface area contributed by atoms with Gasteiger partial charge in [0.2, 0.25) is 0 Å². The summed E-state index contributed by atoms with van der Waals surface area (Å²) in [6.07, 6.45) is 4.21. The number of aryl methyl sites for hydroxylation is 1. The van der Waals surface area contributed by atoms with Crippen LogP contribution in [0.3, 0.4) is 0 Å². The van der Waals surface area contributed by atoms with E-state index in [-0.39, 0.29) is 10.7 Å². The highest BCUT2D eigenvalue weighted by Gasteiger charge is 2.25. The Morgan fingerprint density at radius 1 is 1.37 bits per heavy atom. The van der Waals surface area contributed by atoms with Crippen LogP contribution in [0.5, 0.6) is 0 Å². The van der Waals surface area contributed by atoms with E-state index in [0.717, 1.165) is 28.9 Å². The normalized spacial score (nSPS) is 11.4. The summed E-state index contributed by atoms with van der Waals surface area (Å²) in [5.41, 5.74) is 1.70. The van der Waals surface area contributed by atoms with E-state index in [2.05, 4.69) is 38.0 Å². The van der Waals surface area contributed by atoms with Crippen molar-refractivity contribution in [1.29, 1.82) is 0 Å². The van der Waals surface area contributed by atoms with Crippen LogP contribution in [0.2, 0.25) is 0 Å². The number of nitrogens with one attached hydrogen (secondary N) is 1. The van der Waals surface area contributed by atoms with Gasteiger partial charge in [-0.2, -0.15) is 11.8 Å². The average Bonchev–Trinajstić information content (AvgIpc) is 2.43. The molecular formula is C15H23NOS2. The van der Waals surface area contributed by atoms with Crippen molar-refractivity contribution in [3.8, 4) is 0 Å². The zero-order valence-corrected chi connectivity index (χ0v) is 13.8. The second-order valence-electron chi connectivity index (χ2n) is 4.78. The lowest BCUT2D eigenvalue weighted by molar-refractivity contribution is 0.0948. The fourth-order valence-corrected chi connectivity index (χ4v) is 3.05. The third-order valence-electron chi connectivity index (χ3n) is 3.76. The lowest BCUT2D eigenvalue weighted by atomic mass is 10.0. The molecule has 0 unspecified atom stereocenters. The standard InChI is InChI=1S/C15H23NOS2/c1-5-15(6-2,19-4)10-16-14(17)13-9-12(18)8-7-11(13)3/h7-9,18H,5-6,10H2,1-4H3,(H,16,17). The predicted molar refractivity (Wildman–Crippen MR) is 87.6 cm³/mol. The van der Waals surface area contributed by atoms with E-state index in [0.29, 0.717) is 6.54 Å². The van der Waals surface area contributed by atoms with Gasteiger partial charge in [0.1, 0.15) is 0 Å². The molecule has 1 aromatic carbocycles. The molecule has 0 aliphatic carbocycles. The highest BCUT2D eigenvalue weighted by Crippen LogP contribution is 2.29. The van der Waals surface area contributed by atoms with E-state index >= 15 is 0 Å². The van der Waals surface area contributed by atoms with Crippen molar-refractivity contribution < 1.29 is 4.79 Å². The van der Waals surface area contributed by atoms with Crippen molar-refractivity contribution in [2.75, 3.05) is 12.8 Å². The number of amides is 1. The molecule has 0 aliphatic rings. The smallest absolute Gasteiger partial charge is 0.251 e. The Bertz CT molecular complexity index is 434. The average molecular weight is 297 g/mol.